The van der Waals surface area contributed by atoms with Crippen molar-refractivity contribution < 1.29 is 9.53 Å². The van der Waals surface area contributed by atoms with E-state index in [0.29, 0.717) is 12.5 Å². The van der Waals surface area contributed by atoms with E-state index in [1.807, 2.05) is 34.0 Å². The molecule has 10 heterocycles. The highest BCUT2D eigenvalue weighted by molar-refractivity contribution is 7.35. The summed E-state index contributed by atoms with van der Waals surface area (Å²) in [7, 11) is 0. The van der Waals surface area contributed by atoms with Crippen LogP contribution in [0.5, 0.6) is 0 Å². The van der Waals surface area contributed by atoms with Gasteiger partial charge in [-0.25, -0.2) is 4.79 Å². The number of rotatable bonds is 62. The van der Waals surface area contributed by atoms with E-state index < -0.39 is 0 Å². The van der Waals surface area contributed by atoms with E-state index in [1.54, 1.807) is 33.6 Å². The van der Waals surface area contributed by atoms with Gasteiger partial charge in [-0.15, -0.1) is 113 Å². The molecule has 12 heteroatoms. The molecule has 0 saturated carbocycles. The second-order valence-electron chi connectivity index (χ2n) is 33.7. The average molecular weight is 1720 g/mol. The molecule has 10 aromatic rings. The molecule has 10 rings (SSSR count). The fraction of sp³-hybridized carbons (Fsp3) is 0.618. The molecule has 0 bridgehead atoms. The largest absolute Gasteiger partial charge is 0.461 e. The van der Waals surface area contributed by atoms with Gasteiger partial charge in [0.15, 0.2) is 0 Å². The lowest BCUT2D eigenvalue weighted by Crippen LogP contribution is -2.11. The summed E-state index contributed by atoms with van der Waals surface area (Å²) < 4.78 is 7.71. The van der Waals surface area contributed by atoms with Crippen molar-refractivity contribution in [1.29, 1.82) is 0 Å². The molecule has 0 N–H and O–H groups in total. The lowest BCUT2D eigenvalue weighted by molar-refractivity contribution is 0.0448. The van der Waals surface area contributed by atoms with Gasteiger partial charge in [0.05, 0.1) is 21.1 Å². The summed E-state index contributed by atoms with van der Waals surface area (Å²) in [5, 5.41) is 6.19. The number of thiophene rings is 10. The van der Waals surface area contributed by atoms with E-state index in [-0.39, 0.29) is 5.97 Å². The van der Waals surface area contributed by atoms with Gasteiger partial charge < -0.3 is 4.74 Å². The van der Waals surface area contributed by atoms with E-state index in [0.717, 1.165) is 49.8 Å². The minimum absolute atomic E-state index is 0.152. The first-order valence-electron chi connectivity index (χ1n) is 46.7. The lowest BCUT2D eigenvalue weighted by atomic mass is 10.0. The normalized spacial score (nSPS) is 12.2. The summed E-state index contributed by atoms with van der Waals surface area (Å²) in [6, 6.07) is 23.3. The van der Waals surface area contributed by atoms with Gasteiger partial charge in [0.25, 0.3) is 0 Å². The molecule has 0 spiro atoms. The highest BCUT2D eigenvalue weighted by Gasteiger charge is 2.29. The monoisotopic (exact) mass is 1720 g/mol. The number of hydrogen-bond acceptors (Lipinski definition) is 12. The van der Waals surface area contributed by atoms with Crippen LogP contribution in [-0.4, -0.2) is 12.6 Å². The van der Waals surface area contributed by atoms with Crippen molar-refractivity contribution in [2.75, 3.05) is 6.61 Å². The molecule has 1 unspecified atom stereocenters. The van der Waals surface area contributed by atoms with Crippen LogP contribution in [0.4, 0.5) is 0 Å². The number of unbranched alkanes of at least 4 members (excludes halogenated alkanes) is 33. The summed E-state index contributed by atoms with van der Waals surface area (Å²) in [4.78, 5) is 38.8. The van der Waals surface area contributed by atoms with Crippen LogP contribution >= 0.6 is 113 Å². The maximum absolute atomic E-state index is 14.9. The Labute approximate surface area is 734 Å². The summed E-state index contributed by atoms with van der Waals surface area (Å²) in [5.74, 6) is 0.178. The summed E-state index contributed by atoms with van der Waals surface area (Å²) in [6.45, 7) is 23.8. The van der Waals surface area contributed by atoms with Gasteiger partial charge in [-0.2, -0.15) is 0 Å². The van der Waals surface area contributed by atoms with Gasteiger partial charge in [0.1, 0.15) is 4.88 Å². The van der Waals surface area contributed by atoms with E-state index in [1.165, 1.54) is 393 Å². The zero-order valence-electron chi connectivity index (χ0n) is 72.6. The van der Waals surface area contributed by atoms with Crippen LogP contribution in [-0.2, 0) is 56.1 Å². The third-order valence-corrected chi connectivity index (χ3v) is 36.5. The first-order valence-corrected chi connectivity index (χ1v) is 55.0. The Hall–Kier alpha value is -3.27. The molecule has 10 aromatic heterocycles. The van der Waals surface area contributed by atoms with Gasteiger partial charge in [-0.05, 0) is 225 Å². The van der Waals surface area contributed by atoms with Crippen LogP contribution in [0.15, 0.2) is 65.4 Å². The Morgan fingerprint density at radius 3 is 0.851 bits per heavy atom. The number of carbonyl (C=O) groups excluding carboxylic acids is 1. The smallest absolute Gasteiger partial charge is 0.348 e. The first kappa shape index (κ1) is 93.0. The van der Waals surface area contributed by atoms with Gasteiger partial charge in [0, 0.05) is 73.7 Å². The molecule has 2 nitrogen and oxygen atoms in total. The molecule has 626 valence electrons. The third-order valence-electron chi connectivity index (χ3n) is 23.5. The molecule has 0 aliphatic carbocycles. The Balaban J connectivity index is 1.07. The van der Waals surface area contributed by atoms with Crippen molar-refractivity contribution in [3.05, 3.63) is 115 Å². The van der Waals surface area contributed by atoms with Crippen LogP contribution in [0.3, 0.4) is 0 Å². The van der Waals surface area contributed by atoms with Crippen LogP contribution in [0.2, 0.25) is 0 Å². The molecule has 0 radical (unpaired) electrons. The fourth-order valence-corrected chi connectivity index (χ4v) is 29.4. The van der Waals surface area contributed by atoms with E-state index in [9.17, 15) is 4.79 Å². The van der Waals surface area contributed by atoms with Crippen molar-refractivity contribution >= 4 is 129 Å². The molecule has 0 fully saturated rings. The minimum atomic E-state index is -0.152. The number of fused-ring (bicyclic) bond motifs is 1. The van der Waals surface area contributed by atoms with E-state index in [4.69, 9.17) is 4.74 Å². The Morgan fingerprint density at radius 2 is 0.535 bits per heavy atom. The Morgan fingerprint density at radius 1 is 0.272 bits per heavy atom. The number of esters is 1. The number of carbonyl (C=O) groups is 1. The standard InChI is InChI=1S/C102H146O2S10/c1-11-20-29-38-39-40-41-42-43-44-53-74(10)71-104-102(103)92-70-83-99(90-68-81(60-51-36-27-18-8)97(111-90)88-66-79(58-49-34-25-16-6)95(109-88)86-64-77(56-47-32-23-14-4)93(107-86)84-62-75(72-105-84)54-45-30-21-12-2)114-101(100(83)113-92)91-69-82(61-52-37-28-19-9)98(112-91)89-67-80(59-50-35-26-17-7)96(110-89)87-65-78(57-48-33-24-15-5)94(108-87)85-63-76(73-106-85)55-46-31-22-13-3/h62-70,72-74H,11-61,71H2,1-10H3. The predicted molar refractivity (Wildman–Crippen MR) is 525 cm³/mol. The van der Waals surface area contributed by atoms with Crippen molar-refractivity contribution in [2.24, 2.45) is 5.92 Å². The van der Waals surface area contributed by atoms with Gasteiger partial charge >= 0.3 is 5.97 Å². The molecule has 114 heavy (non-hydrogen) atoms. The third kappa shape index (κ3) is 28.1. The highest BCUT2D eigenvalue weighted by atomic mass is 32.1. The van der Waals surface area contributed by atoms with Crippen LogP contribution < -0.4 is 0 Å². The Kier molecular flexibility index (Phi) is 42.5. The zero-order chi connectivity index (χ0) is 80.1. The fourth-order valence-electron chi connectivity index (χ4n) is 16.6. The van der Waals surface area contributed by atoms with Gasteiger partial charge in [-0.1, -0.05) is 288 Å². The molecular formula is C102H146O2S10. The number of ether oxygens (including phenoxy) is 1. The molecule has 0 aromatic carbocycles. The summed E-state index contributed by atoms with van der Waals surface area (Å²) >= 11 is 20.2. The maximum atomic E-state index is 14.9. The zero-order valence-corrected chi connectivity index (χ0v) is 80.8. The number of hydrogen-bond donors (Lipinski definition) is 0. The molecule has 0 saturated heterocycles. The van der Waals surface area contributed by atoms with Crippen LogP contribution in [0.1, 0.15) is 400 Å². The number of aryl methyl sites for hydroxylation is 8. The highest BCUT2D eigenvalue weighted by Crippen LogP contribution is 2.57. The second kappa shape index (κ2) is 52.1. The van der Waals surface area contributed by atoms with Crippen LogP contribution in [0, 0.1) is 5.92 Å². The summed E-state index contributed by atoms with van der Waals surface area (Å²) in [5.41, 5.74) is 12.3. The maximum Gasteiger partial charge on any atom is 0.348 e. The lowest BCUT2D eigenvalue weighted by Gasteiger charge is -2.11. The van der Waals surface area contributed by atoms with Crippen molar-refractivity contribution in [3.63, 3.8) is 0 Å². The van der Waals surface area contributed by atoms with Crippen LogP contribution in [0.25, 0.3) is 88.1 Å². The average Bonchev–Trinajstić information content (AvgIpc) is 1.58. The Bertz CT molecular complexity index is 4070. The van der Waals surface area contributed by atoms with Crippen molar-refractivity contribution in [2.45, 2.75) is 397 Å². The molecule has 0 amide bonds. The second-order valence-corrected chi connectivity index (χ2v) is 43.9. The van der Waals surface area contributed by atoms with Gasteiger partial charge in [0.2, 0.25) is 0 Å². The minimum Gasteiger partial charge on any atom is -0.461 e. The topological polar surface area (TPSA) is 26.3 Å². The predicted octanol–water partition coefficient (Wildman–Crippen LogP) is 38.9. The molecular weight excluding hydrogens is 1580 g/mol. The molecule has 0 aliphatic heterocycles. The van der Waals surface area contributed by atoms with Crippen molar-refractivity contribution in [1.82, 2.24) is 0 Å². The summed E-state index contributed by atoms with van der Waals surface area (Å²) in [6.07, 6.45) is 64.3. The first-order chi connectivity index (χ1) is 56.0. The van der Waals surface area contributed by atoms with Gasteiger partial charge in [-0.3, -0.25) is 0 Å². The SMILES string of the molecule is CCCCCCCCCCCCC(C)COC(=O)c1cc2c(-c3cc(CCCCCC)c(-c4cc(CCCCCC)c(-c5cc(CCCCCC)c(-c6cc(CCCCCC)cs6)s5)s4)s3)sc(-c3cc(CCCCCC)c(-c4cc(CCCCCC)c(-c5cc(CCCCCC)c(-c6cc(CCCCCC)cs6)s5)s4)s3)c2s1. The quantitative estimate of drug-likeness (QED) is 0.0281. The van der Waals surface area contributed by atoms with E-state index >= 15 is 0 Å². The van der Waals surface area contributed by atoms with E-state index in [2.05, 4.69) is 203 Å². The molecule has 1 atom stereocenters. The van der Waals surface area contributed by atoms with Crippen molar-refractivity contribution in [3.8, 4) is 78.0 Å². The molecule has 0 aliphatic rings.